The van der Waals surface area contributed by atoms with E-state index in [1.165, 1.54) is 11.8 Å². The molecule has 1 aliphatic rings. The van der Waals surface area contributed by atoms with Crippen LogP contribution in [0.5, 0.6) is 11.5 Å². The summed E-state index contributed by atoms with van der Waals surface area (Å²) in [6.07, 6.45) is 0. The van der Waals surface area contributed by atoms with Crippen LogP contribution in [0.15, 0.2) is 58.2 Å². The van der Waals surface area contributed by atoms with Gasteiger partial charge in [0, 0.05) is 24.4 Å². The highest BCUT2D eigenvalue weighted by atomic mass is 32.2. The number of rotatable bonds is 6. The van der Waals surface area contributed by atoms with Gasteiger partial charge in [0.05, 0.1) is 5.75 Å². The van der Waals surface area contributed by atoms with Crippen LogP contribution in [0.3, 0.4) is 0 Å². The molecule has 1 amide bonds. The first kappa shape index (κ1) is 20.1. The van der Waals surface area contributed by atoms with Crippen molar-refractivity contribution in [1.29, 1.82) is 0 Å². The molecule has 162 valence electrons. The lowest BCUT2D eigenvalue weighted by Gasteiger charge is -2.18. The second-order valence-electron chi connectivity index (χ2n) is 6.85. The van der Waals surface area contributed by atoms with E-state index >= 15 is 0 Å². The minimum Gasteiger partial charge on any atom is -0.486 e. The molecule has 3 heterocycles. The molecule has 1 N–H and O–H groups in total. The molecule has 0 spiro atoms. The lowest BCUT2D eigenvalue weighted by Crippen LogP contribution is -2.17. The van der Waals surface area contributed by atoms with Gasteiger partial charge in [-0.2, -0.15) is 4.98 Å². The molecule has 0 saturated carbocycles. The Balaban J connectivity index is 1.23. The van der Waals surface area contributed by atoms with E-state index in [-0.39, 0.29) is 17.6 Å². The number of amides is 1. The quantitative estimate of drug-likeness (QED) is 0.442. The van der Waals surface area contributed by atoms with Crippen LogP contribution < -0.4 is 14.8 Å². The maximum Gasteiger partial charge on any atom is 0.296 e. The van der Waals surface area contributed by atoms with Crippen LogP contribution in [0.25, 0.3) is 23.1 Å². The van der Waals surface area contributed by atoms with Gasteiger partial charge in [0.2, 0.25) is 17.6 Å². The van der Waals surface area contributed by atoms with Crippen molar-refractivity contribution in [2.24, 2.45) is 7.05 Å². The van der Waals surface area contributed by atoms with Crippen molar-refractivity contribution < 1.29 is 18.8 Å². The average molecular weight is 450 g/mol. The Morgan fingerprint density at radius 2 is 1.91 bits per heavy atom. The number of ether oxygens (including phenoxy) is 2. The summed E-state index contributed by atoms with van der Waals surface area (Å²) in [5, 5.41) is 15.7. The number of aromatic nitrogens is 5. The Bertz CT molecular complexity index is 1260. The zero-order valence-electron chi connectivity index (χ0n) is 17.0. The van der Waals surface area contributed by atoms with Crippen LogP contribution in [0.4, 0.5) is 5.69 Å². The highest BCUT2D eigenvalue weighted by molar-refractivity contribution is 7.99. The lowest BCUT2D eigenvalue weighted by atomic mass is 10.2. The molecular formula is C21H18N6O4S. The maximum atomic E-state index is 12.4. The zero-order chi connectivity index (χ0) is 21.9. The molecule has 0 atom stereocenters. The summed E-state index contributed by atoms with van der Waals surface area (Å²) in [7, 11) is 1.78. The summed E-state index contributed by atoms with van der Waals surface area (Å²) in [6, 6.07) is 14.8. The highest BCUT2D eigenvalue weighted by Gasteiger charge is 2.19. The molecule has 0 bridgehead atoms. The predicted octanol–water partition coefficient (Wildman–Crippen LogP) is 3.03. The first-order chi connectivity index (χ1) is 15.7. The number of hydrogen-bond donors (Lipinski definition) is 1. The minimum atomic E-state index is -0.180. The standard InChI is InChI=1S/C21H18N6O4S/c1-27-19(20-23-18(26-31-20)13-5-3-2-4-6-13)24-25-21(27)32-12-17(28)22-14-7-8-15-16(11-14)30-10-9-29-15/h2-8,11H,9-10,12H2,1H3,(H,22,28). The summed E-state index contributed by atoms with van der Waals surface area (Å²) in [5.74, 6) is 2.41. The summed E-state index contributed by atoms with van der Waals surface area (Å²) in [6.45, 7) is 1.01. The second kappa shape index (κ2) is 8.71. The van der Waals surface area contributed by atoms with Gasteiger partial charge in [-0.25, -0.2) is 0 Å². The molecule has 0 saturated heterocycles. The molecule has 2 aromatic carbocycles. The maximum absolute atomic E-state index is 12.4. The lowest BCUT2D eigenvalue weighted by molar-refractivity contribution is -0.113. The zero-order valence-corrected chi connectivity index (χ0v) is 17.8. The molecule has 0 radical (unpaired) electrons. The number of benzene rings is 2. The van der Waals surface area contributed by atoms with Gasteiger partial charge in [-0.05, 0) is 12.1 Å². The minimum absolute atomic E-state index is 0.152. The molecule has 32 heavy (non-hydrogen) atoms. The molecule has 0 aliphatic carbocycles. The van der Waals surface area contributed by atoms with E-state index in [0.29, 0.717) is 47.2 Å². The average Bonchev–Trinajstić information content (AvgIpc) is 3.45. The summed E-state index contributed by atoms with van der Waals surface area (Å²) in [5.41, 5.74) is 1.48. The fraction of sp³-hybridized carbons (Fsp3) is 0.190. The number of anilines is 1. The Morgan fingerprint density at radius 1 is 1.09 bits per heavy atom. The van der Waals surface area contributed by atoms with E-state index in [1.807, 2.05) is 30.3 Å². The topological polar surface area (TPSA) is 117 Å². The molecule has 11 heteroatoms. The number of nitrogens with one attached hydrogen (secondary N) is 1. The number of thioether (sulfide) groups is 1. The van der Waals surface area contributed by atoms with Gasteiger partial charge >= 0.3 is 0 Å². The van der Waals surface area contributed by atoms with Crippen molar-refractivity contribution in [3.8, 4) is 34.6 Å². The third-order valence-electron chi connectivity index (χ3n) is 4.64. The highest BCUT2D eigenvalue weighted by Crippen LogP contribution is 2.32. The van der Waals surface area contributed by atoms with Gasteiger partial charge < -0.3 is 23.9 Å². The van der Waals surface area contributed by atoms with E-state index < -0.39 is 0 Å². The van der Waals surface area contributed by atoms with Gasteiger partial charge in [-0.1, -0.05) is 47.3 Å². The predicted molar refractivity (Wildman–Crippen MR) is 117 cm³/mol. The molecule has 2 aromatic heterocycles. The van der Waals surface area contributed by atoms with Gasteiger partial charge in [-0.3, -0.25) is 4.79 Å². The first-order valence-electron chi connectivity index (χ1n) is 9.78. The van der Waals surface area contributed by atoms with Crippen LogP contribution in [0.1, 0.15) is 0 Å². The van der Waals surface area contributed by atoms with Crippen LogP contribution in [-0.4, -0.2) is 49.8 Å². The number of carbonyl (C=O) groups is 1. The summed E-state index contributed by atoms with van der Waals surface area (Å²) in [4.78, 5) is 16.8. The number of carbonyl (C=O) groups excluding carboxylic acids is 1. The molecule has 0 fully saturated rings. The van der Waals surface area contributed by atoms with Crippen LogP contribution in [0, 0.1) is 0 Å². The van der Waals surface area contributed by atoms with Crippen molar-refractivity contribution in [2.45, 2.75) is 5.16 Å². The smallest absolute Gasteiger partial charge is 0.296 e. The first-order valence-corrected chi connectivity index (χ1v) is 10.8. The van der Waals surface area contributed by atoms with E-state index in [4.69, 9.17) is 14.0 Å². The molecule has 1 aliphatic heterocycles. The van der Waals surface area contributed by atoms with Crippen molar-refractivity contribution in [3.63, 3.8) is 0 Å². The summed E-state index contributed by atoms with van der Waals surface area (Å²) < 4.78 is 18.1. The Labute approximate surface area is 186 Å². The SMILES string of the molecule is Cn1c(SCC(=O)Nc2ccc3c(c2)OCCO3)nnc1-c1nc(-c2ccccc2)no1. The van der Waals surface area contributed by atoms with Gasteiger partial charge in [0.25, 0.3) is 5.89 Å². The van der Waals surface area contributed by atoms with Crippen molar-refractivity contribution in [1.82, 2.24) is 24.9 Å². The number of fused-ring (bicyclic) bond motifs is 1. The largest absolute Gasteiger partial charge is 0.486 e. The monoisotopic (exact) mass is 450 g/mol. The number of nitrogens with zero attached hydrogens (tertiary/aromatic N) is 5. The normalized spacial score (nSPS) is 12.5. The van der Waals surface area contributed by atoms with Crippen LogP contribution in [0.2, 0.25) is 0 Å². The summed E-state index contributed by atoms with van der Waals surface area (Å²) >= 11 is 1.25. The Hall–Kier alpha value is -3.86. The van der Waals surface area contributed by atoms with Crippen molar-refractivity contribution in [3.05, 3.63) is 48.5 Å². The molecular weight excluding hydrogens is 432 g/mol. The van der Waals surface area contributed by atoms with E-state index in [2.05, 4.69) is 25.7 Å². The molecule has 5 rings (SSSR count). The number of hydrogen-bond acceptors (Lipinski definition) is 9. The Morgan fingerprint density at radius 3 is 2.75 bits per heavy atom. The third kappa shape index (κ3) is 4.14. The van der Waals surface area contributed by atoms with Gasteiger partial charge in [0.1, 0.15) is 13.2 Å². The van der Waals surface area contributed by atoms with E-state index in [1.54, 1.807) is 29.8 Å². The van der Waals surface area contributed by atoms with Crippen LogP contribution >= 0.6 is 11.8 Å². The van der Waals surface area contributed by atoms with Crippen molar-refractivity contribution in [2.75, 3.05) is 24.3 Å². The molecule has 0 unspecified atom stereocenters. The molecule has 10 nitrogen and oxygen atoms in total. The van der Waals surface area contributed by atoms with Gasteiger partial charge in [0.15, 0.2) is 16.7 Å². The van der Waals surface area contributed by atoms with Crippen molar-refractivity contribution >= 4 is 23.4 Å². The Kier molecular flexibility index (Phi) is 5.46. The van der Waals surface area contributed by atoms with E-state index in [0.717, 1.165) is 5.56 Å². The fourth-order valence-electron chi connectivity index (χ4n) is 3.09. The third-order valence-corrected chi connectivity index (χ3v) is 5.66. The molecule has 4 aromatic rings. The van der Waals surface area contributed by atoms with Gasteiger partial charge in [-0.15, -0.1) is 10.2 Å². The fourth-order valence-corrected chi connectivity index (χ4v) is 3.80. The van der Waals surface area contributed by atoms with E-state index in [9.17, 15) is 4.79 Å². The van der Waals surface area contributed by atoms with Crippen LogP contribution in [-0.2, 0) is 11.8 Å². The second-order valence-corrected chi connectivity index (χ2v) is 7.79.